The molecule has 2 aromatic rings. The predicted octanol–water partition coefficient (Wildman–Crippen LogP) is 3.15. The number of anilines is 2. The van der Waals surface area contributed by atoms with Crippen molar-refractivity contribution in [2.75, 3.05) is 29.9 Å². The van der Waals surface area contributed by atoms with E-state index in [4.69, 9.17) is 0 Å². The number of nitrogens with zero attached hydrogens (tertiary/aromatic N) is 1. The summed E-state index contributed by atoms with van der Waals surface area (Å²) in [7, 11) is 0. The maximum absolute atomic E-state index is 12.1. The summed E-state index contributed by atoms with van der Waals surface area (Å²) >= 11 is 0. The highest BCUT2D eigenvalue weighted by Gasteiger charge is 2.15. The van der Waals surface area contributed by atoms with Gasteiger partial charge in [0.25, 0.3) is 0 Å². The van der Waals surface area contributed by atoms with Crippen LogP contribution in [0.15, 0.2) is 48.5 Å². The number of carbonyl (C=O) groups is 2. The number of hydrogen-bond acceptors (Lipinski definition) is 3. The van der Waals surface area contributed by atoms with Gasteiger partial charge in [0.15, 0.2) is 0 Å². The lowest BCUT2D eigenvalue weighted by Crippen LogP contribution is -2.36. The Labute approximate surface area is 160 Å². The Morgan fingerprint density at radius 1 is 0.963 bits per heavy atom. The Kier molecular flexibility index (Phi) is 6.47. The number of carbonyl (C=O) groups excluding carboxylic acids is 2. The van der Waals surface area contributed by atoms with Crippen molar-refractivity contribution in [1.29, 1.82) is 0 Å². The summed E-state index contributed by atoms with van der Waals surface area (Å²) in [6.45, 7) is 4.71. The highest BCUT2D eigenvalue weighted by atomic mass is 16.2. The largest absolute Gasteiger partial charge is 0.372 e. The van der Waals surface area contributed by atoms with E-state index in [1.54, 1.807) is 0 Å². The molecule has 0 radical (unpaired) electrons. The SMILES string of the molecule is CCc1ccccc1NC(=O)C(=O)NCCc1ccc(N2CCCC2)cc1. The van der Waals surface area contributed by atoms with Gasteiger partial charge in [-0.1, -0.05) is 37.3 Å². The number of hydrogen-bond donors (Lipinski definition) is 2. The van der Waals surface area contributed by atoms with Gasteiger partial charge < -0.3 is 15.5 Å². The zero-order valence-corrected chi connectivity index (χ0v) is 15.8. The van der Waals surface area contributed by atoms with Crippen molar-refractivity contribution < 1.29 is 9.59 Å². The van der Waals surface area contributed by atoms with Gasteiger partial charge in [-0.05, 0) is 55.0 Å². The molecule has 142 valence electrons. The maximum atomic E-state index is 12.1. The number of benzene rings is 2. The molecule has 0 aliphatic carbocycles. The van der Waals surface area contributed by atoms with Crippen LogP contribution >= 0.6 is 0 Å². The van der Waals surface area contributed by atoms with Crippen LogP contribution in [0, 0.1) is 0 Å². The number of aryl methyl sites for hydroxylation is 1. The topological polar surface area (TPSA) is 61.4 Å². The molecular weight excluding hydrogens is 338 g/mol. The molecule has 0 saturated carbocycles. The predicted molar refractivity (Wildman–Crippen MR) is 109 cm³/mol. The van der Waals surface area contributed by atoms with Crippen LogP contribution in [0.5, 0.6) is 0 Å². The molecule has 1 aliphatic heterocycles. The van der Waals surface area contributed by atoms with Crippen LogP contribution < -0.4 is 15.5 Å². The van der Waals surface area contributed by atoms with E-state index in [9.17, 15) is 9.59 Å². The van der Waals surface area contributed by atoms with Crippen molar-refractivity contribution >= 4 is 23.2 Å². The van der Waals surface area contributed by atoms with Crippen molar-refractivity contribution in [3.63, 3.8) is 0 Å². The first-order valence-electron chi connectivity index (χ1n) is 9.68. The normalized spacial score (nSPS) is 13.4. The molecule has 0 bridgehead atoms. The van der Waals surface area contributed by atoms with E-state index >= 15 is 0 Å². The monoisotopic (exact) mass is 365 g/mol. The number of para-hydroxylation sites is 1. The zero-order valence-electron chi connectivity index (χ0n) is 15.8. The molecule has 2 aromatic carbocycles. The molecule has 1 heterocycles. The third kappa shape index (κ3) is 5.09. The molecule has 1 aliphatic rings. The number of nitrogens with one attached hydrogen (secondary N) is 2. The number of amides is 2. The molecule has 0 aromatic heterocycles. The van der Waals surface area contributed by atoms with Crippen molar-refractivity contribution in [3.8, 4) is 0 Å². The Bertz CT molecular complexity index is 780. The first kappa shape index (κ1) is 19.0. The van der Waals surface area contributed by atoms with Crippen molar-refractivity contribution in [3.05, 3.63) is 59.7 Å². The number of rotatable bonds is 6. The molecule has 3 rings (SSSR count). The van der Waals surface area contributed by atoms with Gasteiger partial charge in [-0.25, -0.2) is 0 Å². The van der Waals surface area contributed by atoms with E-state index in [0.29, 0.717) is 18.7 Å². The molecule has 1 saturated heterocycles. The van der Waals surface area contributed by atoms with Gasteiger partial charge in [0.1, 0.15) is 0 Å². The van der Waals surface area contributed by atoms with Crippen LogP contribution in [-0.2, 0) is 22.4 Å². The molecule has 0 unspecified atom stereocenters. The van der Waals surface area contributed by atoms with E-state index in [1.165, 1.54) is 18.5 Å². The van der Waals surface area contributed by atoms with Crippen LogP contribution in [0.3, 0.4) is 0 Å². The van der Waals surface area contributed by atoms with Gasteiger partial charge in [0.2, 0.25) is 0 Å². The van der Waals surface area contributed by atoms with Gasteiger partial charge in [-0.3, -0.25) is 9.59 Å². The Morgan fingerprint density at radius 2 is 1.67 bits per heavy atom. The van der Waals surface area contributed by atoms with Gasteiger partial charge in [0.05, 0.1) is 0 Å². The van der Waals surface area contributed by atoms with Crippen LogP contribution in [0.1, 0.15) is 30.9 Å². The molecule has 5 nitrogen and oxygen atoms in total. The van der Waals surface area contributed by atoms with Crippen molar-refractivity contribution in [1.82, 2.24) is 5.32 Å². The lowest BCUT2D eigenvalue weighted by atomic mass is 10.1. The van der Waals surface area contributed by atoms with Gasteiger partial charge in [-0.15, -0.1) is 0 Å². The van der Waals surface area contributed by atoms with Gasteiger partial charge >= 0.3 is 11.8 Å². The van der Waals surface area contributed by atoms with E-state index in [0.717, 1.165) is 30.6 Å². The van der Waals surface area contributed by atoms with Crippen molar-refractivity contribution in [2.24, 2.45) is 0 Å². The van der Waals surface area contributed by atoms with E-state index in [2.05, 4.69) is 39.8 Å². The zero-order chi connectivity index (χ0) is 19.1. The average molecular weight is 365 g/mol. The molecule has 0 atom stereocenters. The Hall–Kier alpha value is -2.82. The summed E-state index contributed by atoms with van der Waals surface area (Å²) in [6.07, 6.45) is 4.02. The first-order valence-corrected chi connectivity index (χ1v) is 9.68. The average Bonchev–Trinajstić information content (AvgIpc) is 3.23. The molecule has 1 fully saturated rings. The van der Waals surface area contributed by atoms with Crippen LogP contribution in [-0.4, -0.2) is 31.4 Å². The highest BCUT2D eigenvalue weighted by Crippen LogP contribution is 2.20. The van der Waals surface area contributed by atoms with Gasteiger partial charge in [-0.2, -0.15) is 0 Å². The molecule has 27 heavy (non-hydrogen) atoms. The fourth-order valence-electron chi connectivity index (χ4n) is 3.38. The lowest BCUT2D eigenvalue weighted by molar-refractivity contribution is -0.136. The fraction of sp³-hybridized carbons (Fsp3) is 0.364. The summed E-state index contributed by atoms with van der Waals surface area (Å²) in [5.74, 6) is -1.23. The van der Waals surface area contributed by atoms with Crippen molar-refractivity contribution in [2.45, 2.75) is 32.6 Å². The third-order valence-electron chi connectivity index (χ3n) is 4.96. The van der Waals surface area contributed by atoms with Crippen LogP contribution in [0.25, 0.3) is 0 Å². The first-order chi connectivity index (χ1) is 13.2. The summed E-state index contributed by atoms with van der Waals surface area (Å²) in [6, 6.07) is 16.0. The lowest BCUT2D eigenvalue weighted by Gasteiger charge is -2.17. The maximum Gasteiger partial charge on any atom is 0.313 e. The highest BCUT2D eigenvalue weighted by molar-refractivity contribution is 6.39. The second-order valence-electron chi connectivity index (χ2n) is 6.83. The van der Waals surface area contributed by atoms with E-state index < -0.39 is 11.8 Å². The molecular formula is C22H27N3O2. The summed E-state index contributed by atoms with van der Waals surface area (Å²) in [4.78, 5) is 26.5. The molecule has 5 heteroatoms. The second kappa shape index (κ2) is 9.21. The summed E-state index contributed by atoms with van der Waals surface area (Å²) < 4.78 is 0. The minimum atomic E-state index is -0.625. The Balaban J connectivity index is 1.45. The van der Waals surface area contributed by atoms with Gasteiger partial charge in [0, 0.05) is 31.0 Å². The minimum absolute atomic E-state index is 0.435. The van der Waals surface area contributed by atoms with Crippen LogP contribution in [0.4, 0.5) is 11.4 Å². The van der Waals surface area contributed by atoms with E-state index in [-0.39, 0.29) is 0 Å². The molecule has 0 spiro atoms. The standard InChI is InChI=1S/C22H27N3O2/c1-2-18-7-3-4-8-20(18)24-22(27)21(26)23-14-13-17-9-11-19(12-10-17)25-15-5-6-16-25/h3-4,7-12H,2,5-6,13-16H2,1H3,(H,23,26)(H,24,27). The smallest absolute Gasteiger partial charge is 0.313 e. The molecule has 2 N–H and O–H groups in total. The molecule has 2 amide bonds. The summed E-state index contributed by atoms with van der Waals surface area (Å²) in [5, 5.41) is 5.39. The fourth-order valence-corrected chi connectivity index (χ4v) is 3.38. The summed E-state index contributed by atoms with van der Waals surface area (Å²) in [5.41, 5.74) is 4.11. The minimum Gasteiger partial charge on any atom is -0.372 e. The van der Waals surface area contributed by atoms with Crippen LogP contribution in [0.2, 0.25) is 0 Å². The second-order valence-corrected chi connectivity index (χ2v) is 6.83. The quantitative estimate of drug-likeness (QED) is 0.773. The Morgan fingerprint density at radius 3 is 2.37 bits per heavy atom. The third-order valence-corrected chi connectivity index (χ3v) is 4.96. The van der Waals surface area contributed by atoms with E-state index in [1.807, 2.05) is 31.2 Å².